The number of aliphatic carboxylic acids is 2. The Hall–Kier alpha value is -1.99. The number of carbonyl (C=O) groups is 2. The summed E-state index contributed by atoms with van der Waals surface area (Å²) in [4.78, 5) is 22.0. The average Bonchev–Trinajstić information content (AvgIpc) is 2.30. The maximum absolute atomic E-state index is 9.16. The molecule has 0 fully saturated rings. The van der Waals surface area contributed by atoms with E-state index in [1.165, 1.54) is 0 Å². The second-order valence-electron chi connectivity index (χ2n) is 2.65. The molecule has 0 bridgehead atoms. The van der Waals surface area contributed by atoms with Crippen molar-refractivity contribution in [3.63, 3.8) is 0 Å². The lowest BCUT2D eigenvalue weighted by atomic mass is 10.2. The van der Waals surface area contributed by atoms with Gasteiger partial charge in [0.25, 0.3) is 0 Å². The summed E-state index contributed by atoms with van der Waals surface area (Å²) in [5.74, 6) is -3.65. The molecule has 0 aromatic carbocycles. The molecule has 7 heteroatoms. The Bertz CT molecular complexity index is 329. The normalized spacial score (nSPS) is 10.9. The molecule has 5 N–H and O–H groups in total. The molecule has 1 aromatic heterocycles. The predicted octanol–water partition coefficient (Wildman–Crippen LogP) is -0.771. The van der Waals surface area contributed by atoms with Crippen molar-refractivity contribution in [2.24, 2.45) is 5.73 Å². The van der Waals surface area contributed by atoms with Gasteiger partial charge in [-0.1, -0.05) is 6.07 Å². The van der Waals surface area contributed by atoms with Crippen molar-refractivity contribution >= 4 is 11.9 Å². The second kappa shape index (κ2) is 7.32. The van der Waals surface area contributed by atoms with Gasteiger partial charge in [-0.05, 0) is 6.07 Å². The summed E-state index contributed by atoms with van der Waals surface area (Å²) < 4.78 is 0. The summed E-state index contributed by atoms with van der Waals surface area (Å²) >= 11 is 0. The van der Waals surface area contributed by atoms with E-state index in [1.54, 1.807) is 24.5 Å². The van der Waals surface area contributed by atoms with Crippen LogP contribution in [-0.2, 0) is 9.59 Å². The number of nitrogens with two attached hydrogens (primary N) is 1. The van der Waals surface area contributed by atoms with Gasteiger partial charge in [-0.3, -0.25) is 4.98 Å². The van der Waals surface area contributed by atoms with E-state index < -0.39 is 18.0 Å². The van der Waals surface area contributed by atoms with Gasteiger partial charge in [0.15, 0.2) is 0 Å². The van der Waals surface area contributed by atoms with Crippen molar-refractivity contribution in [2.45, 2.75) is 6.10 Å². The van der Waals surface area contributed by atoms with Crippen molar-refractivity contribution < 1.29 is 24.9 Å². The molecule has 88 valence electrons. The highest BCUT2D eigenvalue weighted by atomic mass is 16.4. The Morgan fingerprint density at radius 3 is 2.25 bits per heavy atom. The van der Waals surface area contributed by atoms with Crippen LogP contribution in [0.3, 0.4) is 0 Å². The number of aromatic nitrogens is 1. The number of aliphatic hydroxyl groups is 1. The van der Waals surface area contributed by atoms with E-state index in [4.69, 9.17) is 30.6 Å². The van der Waals surface area contributed by atoms with Gasteiger partial charge in [0.1, 0.15) is 0 Å². The van der Waals surface area contributed by atoms with Crippen LogP contribution in [-0.4, -0.2) is 38.8 Å². The predicted molar refractivity (Wildman–Crippen MR) is 53.5 cm³/mol. The van der Waals surface area contributed by atoms with E-state index in [0.29, 0.717) is 0 Å². The molecule has 0 aliphatic heterocycles. The smallest absolute Gasteiger partial charge is 0.414 e. The van der Waals surface area contributed by atoms with Gasteiger partial charge in [-0.15, -0.1) is 0 Å². The van der Waals surface area contributed by atoms with Gasteiger partial charge in [0.05, 0.1) is 6.10 Å². The molecule has 1 heterocycles. The van der Waals surface area contributed by atoms with Crippen LogP contribution < -0.4 is 5.73 Å². The van der Waals surface area contributed by atoms with Gasteiger partial charge >= 0.3 is 11.9 Å². The van der Waals surface area contributed by atoms with E-state index in [0.717, 1.165) is 5.56 Å². The number of aliphatic hydroxyl groups excluding tert-OH is 1. The SMILES string of the molecule is NCC(O)c1cccnc1.O=C(O)C(=O)O. The fourth-order valence-corrected chi connectivity index (χ4v) is 0.709. The highest BCUT2D eigenvalue weighted by Crippen LogP contribution is 2.07. The summed E-state index contributed by atoms with van der Waals surface area (Å²) in [5.41, 5.74) is 5.99. The quantitative estimate of drug-likeness (QED) is 0.488. The fraction of sp³-hybridized carbons (Fsp3) is 0.222. The number of hydrogen-bond donors (Lipinski definition) is 4. The molecule has 0 aliphatic carbocycles. The first-order valence-electron chi connectivity index (χ1n) is 4.23. The summed E-state index contributed by atoms with van der Waals surface area (Å²) in [6.45, 7) is 0.242. The van der Waals surface area contributed by atoms with Crippen LogP contribution >= 0.6 is 0 Å². The zero-order valence-corrected chi connectivity index (χ0v) is 8.28. The first-order valence-corrected chi connectivity index (χ1v) is 4.23. The molecule has 0 spiro atoms. The first-order chi connectivity index (χ1) is 7.49. The lowest BCUT2D eigenvalue weighted by Gasteiger charge is -2.05. The number of hydrogen-bond acceptors (Lipinski definition) is 5. The molecule has 1 rings (SSSR count). The number of rotatable bonds is 2. The highest BCUT2D eigenvalue weighted by Gasteiger charge is 2.04. The number of nitrogens with zero attached hydrogens (tertiary/aromatic N) is 1. The third kappa shape index (κ3) is 5.68. The summed E-state index contributed by atoms with van der Waals surface area (Å²) in [7, 11) is 0. The van der Waals surface area contributed by atoms with Crippen molar-refractivity contribution in [1.82, 2.24) is 4.98 Å². The zero-order valence-electron chi connectivity index (χ0n) is 8.28. The van der Waals surface area contributed by atoms with Crippen molar-refractivity contribution in [1.29, 1.82) is 0 Å². The topological polar surface area (TPSA) is 134 Å². The Kier molecular flexibility index (Phi) is 6.41. The van der Waals surface area contributed by atoms with Crippen LogP contribution in [0.4, 0.5) is 0 Å². The fourth-order valence-electron chi connectivity index (χ4n) is 0.709. The van der Waals surface area contributed by atoms with E-state index in [9.17, 15) is 0 Å². The first kappa shape index (κ1) is 14.0. The van der Waals surface area contributed by atoms with Crippen LogP contribution in [0.25, 0.3) is 0 Å². The van der Waals surface area contributed by atoms with Crippen molar-refractivity contribution in [3.8, 4) is 0 Å². The van der Waals surface area contributed by atoms with Gasteiger partial charge in [0.2, 0.25) is 0 Å². The molecular weight excluding hydrogens is 216 g/mol. The van der Waals surface area contributed by atoms with Crippen LogP contribution in [0.2, 0.25) is 0 Å². The van der Waals surface area contributed by atoms with Gasteiger partial charge < -0.3 is 21.1 Å². The molecular formula is C9H12N2O5. The minimum Gasteiger partial charge on any atom is -0.473 e. The average molecular weight is 228 g/mol. The maximum Gasteiger partial charge on any atom is 0.414 e. The third-order valence-electron chi connectivity index (χ3n) is 1.48. The maximum atomic E-state index is 9.16. The van der Waals surface area contributed by atoms with E-state index >= 15 is 0 Å². The molecule has 0 saturated carbocycles. The minimum absolute atomic E-state index is 0.242. The molecule has 0 amide bonds. The van der Waals surface area contributed by atoms with Crippen molar-refractivity contribution in [3.05, 3.63) is 30.1 Å². The van der Waals surface area contributed by atoms with Gasteiger partial charge in [0, 0.05) is 24.5 Å². The van der Waals surface area contributed by atoms with Gasteiger partial charge in [-0.2, -0.15) is 0 Å². The molecule has 1 aromatic rings. The largest absolute Gasteiger partial charge is 0.473 e. The molecule has 1 atom stereocenters. The molecule has 0 radical (unpaired) electrons. The Balaban J connectivity index is 0.000000325. The van der Waals surface area contributed by atoms with Crippen LogP contribution in [0, 0.1) is 0 Å². The van der Waals surface area contributed by atoms with Crippen LogP contribution in [0.5, 0.6) is 0 Å². The number of pyridine rings is 1. The van der Waals surface area contributed by atoms with Crippen LogP contribution in [0.1, 0.15) is 11.7 Å². The summed E-state index contributed by atoms with van der Waals surface area (Å²) in [6, 6.07) is 3.57. The lowest BCUT2D eigenvalue weighted by Crippen LogP contribution is -2.11. The Labute approximate surface area is 91.2 Å². The Morgan fingerprint density at radius 1 is 1.38 bits per heavy atom. The van der Waals surface area contributed by atoms with Gasteiger partial charge in [-0.25, -0.2) is 9.59 Å². The van der Waals surface area contributed by atoms with Crippen molar-refractivity contribution in [2.75, 3.05) is 6.54 Å². The lowest BCUT2D eigenvalue weighted by molar-refractivity contribution is -0.159. The van der Waals surface area contributed by atoms with Crippen LogP contribution in [0.15, 0.2) is 24.5 Å². The number of carboxylic acids is 2. The van der Waals surface area contributed by atoms with E-state index in [2.05, 4.69) is 4.98 Å². The Morgan fingerprint density at radius 2 is 1.94 bits per heavy atom. The highest BCUT2D eigenvalue weighted by molar-refractivity contribution is 6.27. The monoisotopic (exact) mass is 228 g/mol. The summed E-state index contributed by atoms with van der Waals surface area (Å²) in [5, 5.41) is 23.9. The minimum atomic E-state index is -1.82. The zero-order chi connectivity index (χ0) is 12.6. The summed E-state index contributed by atoms with van der Waals surface area (Å²) in [6.07, 6.45) is 2.69. The molecule has 7 nitrogen and oxygen atoms in total. The second-order valence-corrected chi connectivity index (χ2v) is 2.65. The third-order valence-corrected chi connectivity index (χ3v) is 1.48. The molecule has 0 saturated heterocycles. The molecule has 1 unspecified atom stereocenters. The molecule has 0 aliphatic rings. The molecule has 16 heavy (non-hydrogen) atoms. The standard InChI is InChI=1S/C7H10N2O.C2H2O4/c8-4-7(10)6-2-1-3-9-5-6;3-1(4)2(5)6/h1-3,5,7,10H,4,8H2;(H,3,4)(H,5,6). The number of carboxylic acid groups (broad SMARTS) is 2. The van der Waals surface area contributed by atoms with E-state index in [1.807, 2.05) is 0 Å². The van der Waals surface area contributed by atoms with E-state index in [-0.39, 0.29) is 6.54 Å².